The second-order valence-electron chi connectivity index (χ2n) is 2.61. The second kappa shape index (κ2) is 5.35. The van der Waals surface area contributed by atoms with Gasteiger partial charge in [0.2, 0.25) is 11.8 Å². The van der Waals surface area contributed by atoms with Crippen LogP contribution < -0.4 is 10.6 Å². The molecule has 0 bridgehead atoms. The van der Waals surface area contributed by atoms with E-state index in [-0.39, 0.29) is 18.4 Å². The van der Waals surface area contributed by atoms with Gasteiger partial charge in [-0.1, -0.05) is 5.57 Å². The molecule has 0 spiro atoms. The first-order valence-corrected chi connectivity index (χ1v) is 3.69. The van der Waals surface area contributed by atoms with Crippen LogP contribution in [0.1, 0.15) is 13.8 Å². The predicted octanol–water partition coefficient (Wildman–Crippen LogP) is -0.185. The summed E-state index contributed by atoms with van der Waals surface area (Å²) in [6.07, 6.45) is 1.45. The highest BCUT2D eigenvalue weighted by Gasteiger charge is 1.99. The van der Waals surface area contributed by atoms with E-state index < -0.39 is 0 Å². The van der Waals surface area contributed by atoms with Gasteiger partial charge in [-0.3, -0.25) is 9.59 Å². The summed E-state index contributed by atoms with van der Waals surface area (Å²) in [5.41, 5.74) is 0.907. The standard InChI is InChI=1S/C8H14N2O2/c1-6(2)4-7(11)10-5-8(12)9-3/h4H,5H2,1-3H3,(H,9,12)(H,10,11). The zero-order valence-corrected chi connectivity index (χ0v) is 7.60. The zero-order chi connectivity index (χ0) is 9.56. The van der Waals surface area contributed by atoms with Crippen molar-refractivity contribution in [2.75, 3.05) is 13.6 Å². The quantitative estimate of drug-likeness (QED) is 0.577. The highest BCUT2D eigenvalue weighted by molar-refractivity contribution is 5.91. The summed E-state index contributed by atoms with van der Waals surface area (Å²) in [5, 5.41) is 4.84. The van der Waals surface area contributed by atoms with Gasteiger partial charge in [-0.2, -0.15) is 0 Å². The van der Waals surface area contributed by atoms with Crippen LogP contribution in [0.2, 0.25) is 0 Å². The molecule has 4 nitrogen and oxygen atoms in total. The van der Waals surface area contributed by atoms with Crippen molar-refractivity contribution in [1.29, 1.82) is 0 Å². The second-order valence-corrected chi connectivity index (χ2v) is 2.61. The molecule has 0 radical (unpaired) electrons. The Morgan fingerprint density at radius 2 is 1.92 bits per heavy atom. The van der Waals surface area contributed by atoms with Gasteiger partial charge in [0.25, 0.3) is 0 Å². The van der Waals surface area contributed by atoms with Gasteiger partial charge in [-0.05, 0) is 13.8 Å². The minimum atomic E-state index is -0.237. The Hall–Kier alpha value is -1.32. The van der Waals surface area contributed by atoms with Crippen molar-refractivity contribution in [3.05, 3.63) is 11.6 Å². The average Bonchev–Trinajstić information content (AvgIpc) is 1.99. The molecule has 0 aromatic heterocycles. The van der Waals surface area contributed by atoms with Crippen LogP contribution in [-0.2, 0) is 9.59 Å². The fraction of sp³-hybridized carbons (Fsp3) is 0.500. The molecule has 0 aromatic carbocycles. The Labute approximate surface area is 72.0 Å². The van der Waals surface area contributed by atoms with Crippen LogP contribution >= 0.6 is 0 Å². The van der Waals surface area contributed by atoms with Gasteiger partial charge in [-0.25, -0.2) is 0 Å². The van der Waals surface area contributed by atoms with Crippen LogP contribution in [0.3, 0.4) is 0 Å². The zero-order valence-electron chi connectivity index (χ0n) is 7.60. The lowest BCUT2D eigenvalue weighted by Crippen LogP contribution is -2.34. The average molecular weight is 170 g/mol. The summed E-state index contributed by atoms with van der Waals surface area (Å²) in [6, 6.07) is 0. The van der Waals surface area contributed by atoms with E-state index in [1.165, 1.54) is 13.1 Å². The maximum atomic E-state index is 10.9. The van der Waals surface area contributed by atoms with Crippen LogP contribution in [0.25, 0.3) is 0 Å². The minimum absolute atomic E-state index is 0.0269. The summed E-state index contributed by atoms with van der Waals surface area (Å²) < 4.78 is 0. The van der Waals surface area contributed by atoms with E-state index in [1.54, 1.807) is 0 Å². The van der Waals surface area contributed by atoms with Gasteiger partial charge in [0.05, 0.1) is 6.54 Å². The van der Waals surface area contributed by atoms with Crippen molar-refractivity contribution < 1.29 is 9.59 Å². The van der Waals surface area contributed by atoms with E-state index in [0.29, 0.717) is 0 Å². The summed E-state index contributed by atoms with van der Waals surface area (Å²) in [4.78, 5) is 21.6. The van der Waals surface area contributed by atoms with Crippen LogP contribution in [0.5, 0.6) is 0 Å². The summed E-state index contributed by atoms with van der Waals surface area (Å²) >= 11 is 0. The Balaban J connectivity index is 3.73. The third kappa shape index (κ3) is 5.46. The fourth-order valence-electron chi connectivity index (χ4n) is 0.569. The third-order valence-corrected chi connectivity index (χ3v) is 1.12. The number of amides is 2. The van der Waals surface area contributed by atoms with Gasteiger partial charge >= 0.3 is 0 Å². The lowest BCUT2D eigenvalue weighted by molar-refractivity contribution is -0.123. The van der Waals surface area contributed by atoms with E-state index in [2.05, 4.69) is 10.6 Å². The van der Waals surface area contributed by atoms with Crippen LogP contribution in [0, 0.1) is 0 Å². The fourth-order valence-corrected chi connectivity index (χ4v) is 0.569. The van der Waals surface area contributed by atoms with Crippen molar-refractivity contribution in [3.63, 3.8) is 0 Å². The summed E-state index contributed by atoms with van der Waals surface area (Å²) in [6.45, 7) is 3.66. The molecule has 2 N–H and O–H groups in total. The Bertz CT molecular complexity index is 205. The van der Waals surface area contributed by atoms with Crippen molar-refractivity contribution in [2.45, 2.75) is 13.8 Å². The smallest absolute Gasteiger partial charge is 0.244 e. The first-order chi connectivity index (χ1) is 5.56. The molecule has 12 heavy (non-hydrogen) atoms. The van der Waals surface area contributed by atoms with Gasteiger partial charge < -0.3 is 10.6 Å². The first-order valence-electron chi connectivity index (χ1n) is 3.69. The van der Waals surface area contributed by atoms with Gasteiger partial charge in [-0.15, -0.1) is 0 Å². The van der Waals surface area contributed by atoms with E-state index in [0.717, 1.165) is 5.57 Å². The molecule has 0 atom stereocenters. The van der Waals surface area contributed by atoms with Crippen LogP contribution in [0.15, 0.2) is 11.6 Å². The molecule has 0 aliphatic heterocycles. The number of rotatable bonds is 3. The molecule has 0 saturated carbocycles. The van der Waals surface area contributed by atoms with Crippen molar-refractivity contribution in [2.24, 2.45) is 0 Å². The number of nitrogens with one attached hydrogen (secondary N) is 2. The van der Waals surface area contributed by atoms with Gasteiger partial charge in [0.15, 0.2) is 0 Å². The molecule has 0 aliphatic carbocycles. The lowest BCUT2D eigenvalue weighted by Gasteiger charge is -2.00. The molecule has 4 heteroatoms. The maximum absolute atomic E-state index is 10.9. The maximum Gasteiger partial charge on any atom is 0.244 e. The number of carbonyl (C=O) groups is 2. The molecule has 0 fully saturated rings. The number of allylic oxidation sites excluding steroid dienone is 1. The number of carbonyl (C=O) groups excluding carboxylic acids is 2. The van der Waals surface area contributed by atoms with Crippen molar-refractivity contribution in [3.8, 4) is 0 Å². The molecule has 0 unspecified atom stereocenters. The Morgan fingerprint density at radius 1 is 1.33 bits per heavy atom. The SMILES string of the molecule is CNC(=O)CNC(=O)C=C(C)C. The highest BCUT2D eigenvalue weighted by Crippen LogP contribution is 1.86. The molecule has 68 valence electrons. The predicted molar refractivity (Wildman–Crippen MR) is 46.5 cm³/mol. The number of hydrogen-bond acceptors (Lipinski definition) is 2. The van der Waals surface area contributed by atoms with Crippen LogP contribution in [0.4, 0.5) is 0 Å². The van der Waals surface area contributed by atoms with Crippen molar-refractivity contribution in [1.82, 2.24) is 10.6 Å². The lowest BCUT2D eigenvalue weighted by atomic mass is 10.3. The Kier molecular flexibility index (Phi) is 4.76. The molecular weight excluding hydrogens is 156 g/mol. The van der Waals surface area contributed by atoms with E-state index >= 15 is 0 Å². The molecule has 0 saturated heterocycles. The molecule has 0 rings (SSSR count). The van der Waals surface area contributed by atoms with Crippen molar-refractivity contribution >= 4 is 11.8 Å². The number of hydrogen-bond donors (Lipinski definition) is 2. The van der Waals surface area contributed by atoms with E-state index in [4.69, 9.17) is 0 Å². The minimum Gasteiger partial charge on any atom is -0.358 e. The Morgan fingerprint density at radius 3 is 2.33 bits per heavy atom. The molecular formula is C8H14N2O2. The van der Waals surface area contributed by atoms with E-state index in [1.807, 2.05) is 13.8 Å². The third-order valence-electron chi connectivity index (χ3n) is 1.12. The van der Waals surface area contributed by atoms with Gasteiger partial charge in [0, 0.05) is 13.1 Å². The molecule has 0 heterocycles. The topological polar surface area (TPSA) is 58.2 Å². The molecule has 2 amide bonds. The summed E-state index contributed by atoms with van der Waals surface area (Å²) in [7, 11) is 1.52. The largest absolute Gasteiger partial charge is 0.358 e. The van der Waals surface area contributed by atoms with Crippen LogP contribution in [-0.4, -0.2) is 25.4 Å². The highest BCUT2D eigenvalue weighted by atomic mass is 16.2. The van der Waals surface area contributed by atoms with E-state index in [9.17, 15) is 9.59 Å². The summed E-state index contributed by atoms with van der Waals surface area (Å²) in [5.74, 6) is -0.441. The number of likely N-dealkylation sites (N-methyl/N-ethyl adjacent to an activating group) is 1. The normalized spacial score (nSPS) is 8.58. The van der Waals surface area contributed by atoms with Gasteiger partial charge in [0.1, 0.15) is 0 Å². The molecule has 0 aliphatic rings. The molecule has 0 aromatic rings. The monoisotopic (exact) mass is 170 g/mol. The first kappa shape index (κ1) is 10.7.